The second-order valence-electron chi connectivity index (χ2n) is 3.15. The molecule has 0 unspecified atom stereocenters. The fraction of sp³-hybridized carbons (Fsp3) is 0.100. The summed E-state index contributed by atoms with van der Waals surface area (Å²) in [5, 5.41) is 10.8. The standard InChI is InChI=1S/C10H5F3O2S.K/c11-10(12,13)6-1-2-7-5(3-6)4-8(16-7)9(14)15;/h1-4H,(H,14,15);/q;+1/p-1. The topological polar surface area (TPSA) is 40.1 Å². The Morgan fingerprint density at radius 3 is 2.41 bits per heavy atom. The first-order valence-corrected chi connectivity index (χ1v) is 5.02. The van der Waals surface area contributed by atoms with Gasteiger partial charge in [0.25, 0.3) is 0 Å². The molecule has 0 spiro atoms. The van der Waals surface area contributed by atoms with Gasteiger partial charge in [0.15, 0.2) is 0 Å². The summed E-state index contributed by atoms with van der Waals surface area (Å²) in [6.07, 6.45) is -4.42. The Kier molecular flexibility index (Phi) is 4.78. The minimum atomic E-state index is -4.42. The van der Waals surface area contributed by atoms with E-state index in [0.717, 1.165) is 23.5 Å². The maximum Gasteiger partial charge on any atom is 1.00 e. The Morgan fingerprint density at radius 2 is 1.88 bits per heavy atom. The number of carboxylic acids is 1. The van der Waals surface area contributed by atoms with Gasteiger partial charge in [-0.3, -0.25) is 0 Å². The Bertz CT molecular complexity index is 562. The Labute approximate surface area is 141 Å². The molecule has 7 heteroatoms. The van der Waals surface area contributed by atoms with E-state index in [1.54, 1.807) is 0 Å². The number of hydrogen-bond donors (Lipinski definition) is 0. The van der Waals surface area contributed by atoms with Crippen LogP contribution in [0.1, 0.15) is 15.2 Å². The molecule has 0 aliphatic heterocycles. The molecule has 0 saturated carbocycles. The molecule has 2 rings (SSSR count). The van der Waals surface area contributed by atoms with Crippen LogP contribution in [0.25, 0.3) is 10.1 Å². The number of alkyl halides is 3. The van der Waals surface area contributed by atoms with E-state index in [1.807, 2.05) is 0 Å². The average molecular weight is 284 g/mol. The van der Waals surface area contributed by atoms with Gasteiger partial charge < -0.3 is 9.90 Å². The molecule has 17 heavy (non-hydrogen) atoms. The molecule has 84 valence electrons. The average Bonchev–Trinajstić information content (AvgIpc) is 2.58. The van der Waals surface area contributed by atoms with Crippen molar-refractivity contribution in [1.82, 2.24) is 0 Å². The smallest absolute Gasteiger partial charge is 0.544 e. The van der Waals surface area contributed by atoms with Crippen molar-refractivity contribution in [3.8, 4) is 0 Å². The number of carboxylic acid groups (broad SMARTS) is 1. The molecule has 0 N–H and O–H groups in total. The number of fused-ring (bicyclic) bond motifs is 1. The van der Waals surface area contributed by atoms with Crippen molar-refractivity contribution in [1.29, 1.82) is 0 Å². The first-order chi connectivity index (χ1) is 7.38. The molecule has 1 aromatic heterocycles. The summed E-state index contributed by atoms with van der Waals surface area (Å²) in [5.41, 5.74) is -0.789. The number of benzene rings is 1. The van der Waals surface area contributed by atoms with Crippen LogP contribution in [0, 0.1) is 0 Å². The van der Waals surface area contributed by atoms with Crippen molar-refractivity contribution >= 4 is 27.4 Å². The third-order valence-corrected chi connectivity index (χ3v) is 3.14. The van der Waals surface area contributed by atoms with Crippen molar-refractivity contribution in [2.45, 2.75) is 6.18 Å². The SMILES string of the molecule is O=C([O-])c1cc2cc(C(F)(F)F)ccc2s1.[K+]. The number of halogens is 3. The van der Waals surface area contributed by atoms with Gasteiger partial charge in [0.2, 0.25) is 0 Å². The molecule has 0 aliphatic carbocycles. The molecular weight excluding hydrogens is 280 g/mol. The summed E-state index contributed by atoms with van der Waals surface area (Å²) >= 11 is 0.895. The Morgan fingerprint density at radius 1 is 1.24 bits per heavy atom. The number of aromatic carboxylic acids is 1. The summed E-state index contributed by atoms with van der Waals surface area (Å²) < 4.78 is 37.6. The molecule has 1 heterocycles. The van der Waals surface area contributed by atoms with E-state index in [2.05, 4.69) is 0 Å². The summed E-state index contributed by atoms with van der Waals surface area (Å²) in [4.78, 5) is 10.5. The van der Waals surface area contributed by atoms with Gasteiger partial charge in [-0.05, 0) is 29.7 Å². The third kappa shape index (κ3) is 3.30. The van der Waals surface area contributed by atoms with Gasteiger partial charge in [-0.2, -0.15) is 13.2 Å². The van der Waals surface area contributed by atoms with E-state index in [9.17, 15) is 23.1 Å². The molecule has 0 amide bonds. The van der Waals surface area contributed by atoms with Crippen LogP contribution in [0.4, 0.5) is 13.2 Å². The molecular formula is C10H4F3KO2S. The normalized spacial score (nSPS) is 11.2. The number of hydrogen-bond acceptors (Lipinski definition) is 3. The number of thiophene rings is 1. The molecule has 0 fully saturated rings. The van der Waals surface area contributed by atoms with Crippen LogP contribution < -0.4 is 56.5 Å². The van der Waals surface area contributed by atoms with Crippen LogP contribution in [0.2, 0.25) is 0 Å². The van der Waals surface area contributed by atoms with Gasteiger partial charge in [0, 0.05) is 4.70 Å². The maximum atomic E-state index is 12.4. The summed E-state index contributed by atoms with van der Waals surface area (Å²) in [6, 6.07) is 4.30. The van der Waals surface area contributed by atoms with Crippen molar-refractivity contribution < 1.29 is 74.5 Å². The molecule has 1 aromatic carbocycles. The molecule has 2 nitrogen and oxygen atoms in total. The summed E-state index contributed by atoms with van der Waals surface area (Å²) in [7, 11) is 0. The molecule has 0 radical (unpaired) electrons. The molecule has 0 saturated heterocycles. The summed E-state index contributed by atoms with van der Waals surface area (Å²) in [5.74, 6) is -1.38. The van der Waals surface area contributed by atoms with Gasteiger partial charge in [0.05, 0.1) is 16.4 Å². The zero-order valence-corrected chi connectivity index (χ0v) is 12.6. The van der Waals surface area contributed by atoms with E-state index in [4.69, 9.17) is 0 Å². The fourth-order valence-electron chi connectivity index (χ4n) is 1.32. The van der Waals surface area contributed by atoms with E-state index in [1.165, 1.54) is 12.1 Å². The molecule has 2 aromatic rings. The Hall–Kier alpha value is 0.0764. The van der Waals surface area contributed by atoms with Crippen LogP contribution in [0.15, 0.2) is 24.3 Å². The zero-order chi connectivity index (χ0) is 11.9. The first-order valence-electron chi connectivity index (χ1n) is 4.20. The maximum absolute atomic E-state index is 12.4. The minimum Gasteiger partial charge on any atom is -0.544 e. The van der Waals surface area contributed by atoms with Gasteiger partial charge in [0.1, 0.15) is 0 Å². The van der Waals surface area contributed by atoms with E-state index in [0.29, 0.717) is 4.70 Å². The second-order valence-corrected chi connectivity index (χ2v) is 4.23. The van der Waals surface area contributed by atoms with E-state index in [-0.39, 0.29) is 61.6 Å². The third-order valence-electron chi connectivity index (χ3n) is 2.04. The van der Waals surface area contributed by atoms with Crippen molar-refractivity contribution in [3.05, 3.63) is 34.7 Å². The first kappa shape index (κ1) is 15.1. The van der Waals surface area contributed by atoms with Gasteiger partial charge in [-0.1, -0.05) is 0 Å². The van der Waals surface area contributed by atoms with Crippen LogP contribution in [-0.2, 0) is 6.18 Å². The largest absolute Gasteiger partial charge is 1.00 e. The van der Waals surface area contributed by atoms with Crippen molar-refractivity contribution in [2.75, 3.05) is 0 Å². The van der Waals surface area contributed by atoms with Gasteiger partial charge in [-0.15, -0.1) is 11.3 Å². The molecule has 0 atom stereocenters. The summed E-state index contributed by atoms with van der Waals surface area (Å²) in [6.45, 7) is 0. The quantitative estimate of drug-likeness (QED) is 0.649. The van der Waals surface area contributed by atoms with Gasteiger partial charge >= 0.3 is 57.6 Å². The van der Waals surface area contributed by atoms with Crippen LogP contribution in [0.3, 0.4) is 0 Å². The number of rotatable bonds is 1. The van der Waals surface area contributed by atoms with Crippen molar-refractivity contribution in [3.63, 3.8) is 0 Å². The monoisotopic (exact) mass is 284 g/mol. The second kappa shape index (κ2) is 5.37. The predicted molar refractivity (Wildman–Crippen MR) is 51.2 cm³/mol. The Balaban J connectivity index is 0.00000144. The van der Waals surface area contributed by atoms with Crippen molar-refractivity contribution in [2.24, 2.45) is 0 Å². The predicted octanol–water partition coefficient (Wildman–Crippen LogP) is -0.712. The number of carbonyl (C=O) groups is 1. The zero-order valence-electron chi connectivity index (χ0n) is 8.67. The molecule has 0 aliphatic rings. The van der Waals surface area contributed by atoms with Gasteiger partial charge in [-0.25, -0.2) is 0 Å². The van der Waals surface area contributed by atoms with Crippen LogP contribution >= 0.6 is 11.3 Å². The van der Waals surface area contributed by atoms with E-state index >= 15 is 0 Å². The minimum absolute atomic E-state index is 0. The van der Waals surface area contributed by atoms with E-state index < -0.39 is 17.7 Å². The fourth-order valence-corrected chi connectivity index (χ4v) is 2.20. The van der Waals surface area contributed by atoms with Crippen LogP contribution in [-0.4, -0.2) is 5.97 Å². The van der Waals surface area contributed by atoms with Crippen LogP contribution in [0.5, 0.6) is 0 Å². The molecule has 0 bridgehead atoms. The number of carbonyl (C=O) groups excluding carboxylic acids is 1.